The lowest BCUT2D eigenvalue weighted by Crippen LogP contribution is -2.44. The van der Waals surface area contributed by atoms with Gasteiger partial charge in [0, 0.05) is 11.6 Å². The van der Waals surface area contributed by atoms with Gasteiger partial charge < -0.3 is 21.7 Å². The molecule has 1 aliphatic carbocycles. The van der Waals surface area contributed by atoms with Crippen LogP contribution in [0.3, 0.4) is 0 Å². The van der Waals surface area contributed by atoms with Crippen molar-refractivity contribution in [1.82, 2.24) is 0 Å². The van der Waals surface area contributed by atoms with Gasteiger partial charge in [0.25, 0.3) is 0 Å². The van der Waals surface area contributed by atoms with E-state index in [2.05, 4.69) is 0 Å². The molecule has 1 aromatic rings. The van der Waals surface area contributed by atoms with Gasteiger partial charge in [-0.3, -0.25) is 0 Å². The zero-order valence-corrected chi connectivity index (χ0v) is 11.8. The largest absolute Gasteiger partial charge is 0.417 e. The van der Waals surface area contributed by atoms with Crippen LogP contribution in [0.4, 0.5) is 32.0 Å². The molecule has 6 N–H and O–H groups in total. The van der Waals surface area contributed by atoms with Gasteiger partial charge in [-0.15, -0.1) is 0 Å². The van der Waals surface area contributed by atoms with Gasteiger partial charge in [-0.2, -0.15) is 26.3 Å². The molecule has 0 amide bonds. The summed E-state index contributed by atoms with van der Waals surface area (Å²) < 4.78 is 77.3. The first-order chi connectivity index (χ1) is 10.7. The van der Waals surface area contributed by atoms with Gasteiger partial charge in [0.1, 0.15) is 0 Å². The van der Waals surface area contributed by atoms with E-state index < -0.39 is 40.9 Å². The van der Waals surface area contributed by atoms with Crippen LogP contribution in [-0.2, 0) is 6.18 Å². The molecule has 0 fully saturated rings. The summed E-state index contributed by atoms with van der Waals surface area (Å²) in [6.07, 6.45) is -8.67. The summed E-state index contributed by atoms with van der Waals surface area (Å²) in [5, 5.41) is 19.0. The van der Waals surface area contributed by atoms with Crippen LogP contribution >= 0.6 is 0 Å². The molecule has 1 unspecified atom stereocenters. The molecule has 0 saturated heterocycles. The lowest BCUT2D eigenvalue weighted by atomic mass is 9.85. The second kappa shape index (κ2) is 5.42. The third-order valence-electron chi connectivity index (χ3n) is 3.48. The highest BCUT2D eigenvalue weighted by molar-refractivity contribution is 5.51. The Bertz CT molecular complexity index is 719. The molecule has 1 atom stereocenters. The lowest BCUT2D eigenvalue weighted by molar-refractivity contribution is -0.171. The third-order valence-corrected chi connectivity index (χ3v) is 3.48. The molecule has 10 heteroatoms. The Balaban J connectivity index is 2.59. The minimum Gasteiger partial charge on any atom is -0.399 e. The molecule has 0 aromatic heterocycles. The Morgan fingerprint density at radius 2 is 1.46 bits per heavy atom. The van der Waals surface area contributed by atoms with E-state index in [1.807, 2.05) is 0 Å². The van der Waals surface area contributed by atoms with Gasteiger partial charge in [-0.1, -0.05) is 6.08 Å². The van der Waals surface area contributed by atoms with E-state index in [4.69, 9.17) is 11.5 Å². The molecule has 2 rings (SSSR count). The first kappa shape index (κ1) is 18.1. The van der Waals surface area contributed by atoms with Gasteiger partial charge in [0.15, 0.2) is 0 Å². The van der Waals surface area contributed by atoms with Crippen LogP contribution < -0.4 is 11.5 Å². The van der Waals surface area contributed by atoms with Crippen LogP contribution in [0, 0.1) is 0 Å². The maximum absolute atomic E-state index is 13.0. The van der Waals surface area contributed by atoms with Crippen molar-refractivity contribution in [2.75, 3.05) is 5.73 Å². The summed E-state index contributed by atoms with van der Waals surface area (Å²) in [4.78, 5) is 0. The van der Waals surface area contributed by atoms with Crippen molar-refractivity contribution in [3.63, 3.8) is 0 Å². The minimum absolute atomic E-state index is 0.220. The van der Waals surface area contributed by atoms with Gasteiger partial charge in [0.2, 0.25) is 5.79 Å². The predicted molar refractivity (Wildman–Crippen MR) is 72.2 cm³/mol. The molecule has 0 radical (unpaired) electrons. The van der Waals surface area contributed by atoms with Crippen molar-refractivity contribution in [3.8, 4) is 0 Å². The number of rotatable bonds is 1. The molecular weight excluding hydrogens is 342 g/mol. The predicted octanol–water partition coefficient (Wildman–Crippen LogP) is 2.40. The number of nitrogens with two attached hydrogens (primary N) is 2. The number of anilines is 1. The minimum atomic E-state index is -5.15. The van der Waals surface area contributed by atoms with Gasteiger partial charge in [0.05, 0.1) is 16.8 Å². The normalized spacial score (nSPS) is 21.2. The van der Waals surface area contributed by atoms with E-state index >= 15 is 0 Å². The van der Waals surface area contributed by atoms with E-state index in [0.29, 0.717) is 18.2 Å². The van der Waals surface area contributed by atoms with Gasteiger partial charge in [-0.05, 0) is 29.8 Å². The smallest absolute Gasteiger partial charge is 0.399 e. The fourth-order valence-corrected chi connectivity index (χ4v) is 2.33. The van der Waals surface area contributed by atoms with Gasteiger partial charge in [-0.25, -0.2) is 0 Å². The molecule has 0 bridgehead atoms. The first-order valence-corrected chi connectivity index (χ1v) is 6.42. The van der Waals surface area contributed by atoms with E-state index in [-0.39, 0.29) is 11.3 Å². The Morgan fingerprint density at radius 1 is 0.875 bits per heavy atom. The topological polar surface area (TPSA) is 92.5 Å². The number of benzene rings is 1. The van der Waals surface area contributed by atoms with Crippen LogP contribution in [0.15, 0.2) is 41.6 Å². The van der Waals surface area contributed by atoms with E-state index in [1.165, 1.54) is 0 Å². The molecular formula is C14H12F6N2O2. The third kappa shape index (κ3) is 3.34. The number of hydrogen-bond donors (Lipinski definition) is 4. The summed E-state index contributed by atoms with van der Waals surface area (Å²) in [6, 6.07) is 2.31. The highest BCUT2D eigenvalue weighted by atomic mass is 19.4. The summed E-state index contributed by atoms with van der Waals surface area (Å²) in [5.41, 5.74) is 6.24. The second-order valence-corrected chi connectivity index (χ2v) is 5.28. The Hall–Kier alpha value is -2.20. The average Bonchev–Trinajstić information content (AvgIpc) is 2.38. The molecule has 1 aromatic carbocycles. The van der Waals surface area contributed by atoms with Crippen molar-refractivity contribution in [1.29, 1.82) is 0 Å². The zero-order valence-electron chi connectivity index (χ0n) is 11.8. The van der Waals surface area contributed by atoms with Crippen LogP contribution in [-0.4, -0.2) is 22.2 Å². The number of halogens is 6. The number of hydrogen-bond acceptors (Lipinski definition) is 4. The zero-order chi connectivity index (χ0) is 18.5. The number of aliphatic hydroxyl groups is 2. The summed E-state index contributed by atoms with van der Waals surface area (Å²) in [7, 11) is 0. The number of alkyl halides is 6. The van der Waals surface area contributed by atoms with Crippen LogP contribution in [0.5, 0.6) is 0 Å². The van der Waals surface area contributed by atoms with Crippen LogP contribution in [0.25, 0.3) is 0 Å². The maximum Gasteiger partial charge on any atom is 0.417 e. The molecule has 24 heavy (non-hydrogen) atoms. The summed E-state index contributed by atoms with van der Waals surface area (Å²) >= 11 is 0. The molecule has 0 spiro atoms. The molecule has 4 nitrogen and oxygen atoms in total. The van der Waals surface area contributed by atoms with Crippen molar-refractivity contribution in [2.24, 2.45) is 5.73 Å². The van der Waals surface area contributed by atoms with Crippen molar-refractivity contribution in [2.45, 2.75) is 24.1 Å². The molecule has 1 aliphatic rings. The van der Waals surface area contributed by atoms with E-state index in [9.17, 15) is 36.6 Å². The van der Waals surface area contributed by atoms with Gasteiger partial charge >= 0.3 is 12.4 Å². The highest BCUT2D eigenvalue weighted by Crippen LogP contribution is 2.42. The molecule has 0 aliphatic heterocycles. The standard InChI is InChI=1S/C14H12F6N2O2/c15-13(16,17)8-1-6(2-9(21)5-8)7-3-10(14(18,19)20)12(23,24)11(22)4-7/h1-5,7,23-24H,21-22H2. The maximum atomic E-state index is 13.0. The van der Waals surface area contributed by atoms with E-state index in [1.54, 1.807) is 0 Å². The molecule has 0 saturated carbocycles. The second-order valence-electron chi connectivity index (χ2n) is 5.28. The van der Waals surface area contributed by atoms with Crippen molar-refractivity contribution < 1.29 is 36.6 Å². The average molecular weight is 354 g/mol. The quantitative estimate of drug-likeness (QED) is 0.270. The fraction of sp³-hybridized carbons (Fsp3) is 0.286. The number of allylic oxidation sites excluding steroid dienone is 2. The van der Waals surface area contributed by atoms with Crippen molar-refractivity contribution >= 4 is 5.69 Å². The Labute approximate surface area is 131 Å². The van der Waals surface area contributed by atoms with Crippen molar-refractivity contribution in [3.05, 3.63) is 52.7 Å². The number of nitrogen functional groups attached to an aromatic ring is 1. The highest BCUT2D eigenvalue weighted by Gasteiger charge is 2.50. The van der Waals surface area contributed by atoms with Crippen LogP contribution in [0.1, 0.15) is 17.0 Å². The lowest BCUT2D eigenvalue weighted by Gasteiger charge is -2.32. The van der Waals surface area contributed by atoms with Crippen LogP contribution in [0.2, 0.25) is 0 Å². The molecule has 0 heterocycles. The fourth-order valence-electron chi connectivity index (χ4n) is 2.33. The molecule has 132 valence electrons. The monoisotopic (exact) mass is 354 g/mol. The Kier molecular flexibility index (Phi) is 4.09. The Morgan fingerprint density at radius 3 is 1.96 bits per heavy atom. The summed E-state index contributed by atoms with van der Waals surface area (Å²) in [6.45, 7) is 0. The summed E-state index contributed by atoms with van der Waals surface area (Å²) in [5.74, 6) is -4.82. The first-order valence-electron chi connectivity index (χ1n) is 6.42. The SMILES string of the molecule is NC1=CC(c2cc(N)cc(C(F)(F)F)c2)C=C(C(F)(F)F)C1(O)O. The van der Waals surface area contributed by atoms with E-state index in [0.717, 1.165) is 12.1 Å².